The lowest BCUT2D eigenvalue weighted by Gasteiger charge is -2.15. The minimum Gasteiger partial charge on any atom is -0.353 e. The molecule has 0 rings (SSSR count). The monoisotopic (exact) mass is 254 g/mol. The average molecular weight is 254 g/mol. The summed E-state index contributed by atoms with van der Waals surface area (Å²) in [5.41, 5.74) is 0. The summed E-state index contributed by atoms with van der Waals surface area (Å²) in [6.07, 6.45) is 15.7. The van der Waals surface area contributed by atoms with Crippen molar-refractivity contribution in [2.24, 2.45) is 0 Å². The molecule has 0 bridgehead atoms. The van der Waals surface area contributed by atoms with Gasteiger partial charge in [0.05, 0.1) is 0 Å². The van der Waals surface area contributed by atoms with Crippen LogP contribution in [0.4, 0.5) is 0 Å². The summed E-state index contributed by atoms with van der Waals surface area (Å²) in [6, 6.07) is 0. The molecular formula is C16H30O2. The van der Waals surface area contributed by atoms with Gasteiger partial charge in [-0.2, -0.15) is 0 Å². The molecule has 0 unspecified atom stereocenters. The fraction of sp³-hybridized carbons (Fsp3) is 0.750. The molecule has 0 aromatic carbocycles. The summed E-state index contributed by atoms with van der Waals surface area (Å²) in [7, 11) is 0. The molecule has 0 saturated heterocycles. The maximum Gasteiger partial charge on any atom is 0.157 e. The first-order valence-electron chi connectivity index (χ1n) is 7.39. The van der Waals surface area contributed by atoms with Crippen molar-refractivity contribution in [3.05, 3.63) is 24.3 Å². The quantitative estimate of drug-likeness (QED) is 0.281. The molecule has 0 spiro atoms. The number of ether oxygens (including phenoxy) is 2. The number of hydrogen-bond acceptors (Lipinski definition) is 2. The molecule has 0 aromatic heterocycles. The van der Waals surface area contributed by atoms with Gasteiger partial charge in [0.25, 0.3) is 0 Å². The molecule has 0 amide bonds. The first-order valence-corrected chi connectivity index (χ1v) is 7.39. The zero-order valence-electron chi connectivity index (χ0n) is 12.4. The van der Waals surface area contributed by atoms with Crippen LogP contribution in [0.25, 0.3) is 0 Å². The molecule has 106 valence electrons. The molecular weight excluding hydrogens is 224 g/mol. The number of hydrogen-bond donors (Lipinski definition) is 0. The van der Waals surface area contributed by atoms with Crippen LogP contribution in [0.3, 0.4) is 0 Å². The Morgan fingerprint density at radius 2 is 1.39 bits per heavy atom. The zero-order valence-corrected chi connectivity index (χ0v) is 12.4. The summed E-state index contributed by atoms with van der Waals surface area (Å²) in [5.74, 6) is 0. The second kappa shape index (κ2) is 14.5. The van der Waals surface area contributed by atoms with Crippen LogP contribution in [0.2, 0.25) is 0 Å². The van der Waals surface area contributed by atoms with Crippen molar-refractivity contribution in [2.45, 2.75) is 65.6 Å². The van der Waals surface area contributed by atoms with Crippen LogP contribution >= 0.6 is 0 Å². The molecule has 2 heteroatoms. The third-order valence-electron chi connectivity index (χ3n) is 2.62. The highest BCUT2D eigenvalue weighted by Crippen LogP contribution is 2.07. The van der Waals surface area contributed by atoms with Crippen molar-refractivity contribution < 1.29 is 9.47 Å². The van der Waals surface area contributed by atoms with E-state index < -0.39 is 0 Å². The fourth-order valence-corrected chi connectivity index (χ4v) is 1.66. The van der Waals surface area contributed by atoms with Crippen LogP contribution in [-0.4, -0.2) is 19.5 Å². The van der Waals surface area contributed by atoms with Crippen LogP contribution in [0, 0.1) is 0 Å². The molecule has 0 atom stereocenters. The Bertz CT molecular complexity index is 203. The van der Waals surface area contributed by atoms with E-state index in [1.165, 1.54) is 19.3 Å². The van der Waals surface area contributed by atoms with Gasteiger partial charge >= 0.3 is 0 Å². The summed E-state index contributed by atoms with van der Waals surface area (Å²) >= 11 is 0. The van der Waals surface area contributed by atoms with Crippen molar-refractivity contribution in [1.29, 1.82) is 0 Å². The second-order valence-corrected chi connectivity index (χ2v) is 4.27. The van der Waals surface area contributed by atoms with Gasteiger partial charge in [-0.25, -0.2) is 0 Å². The smallest absolute Gasteiger partial charge is 0.157 e. The van der Waals surface area contributed by atoms with Gasteiger partial charge in [-0.1, -0.05) is 44.1 Å². The minimum absolute atomic E-state index is 0.0199. The Balaban J connectivity index is 3.51. The van der Waals surface area contributed by atoms with E-state index in [0.717, 1.165) is 32.5 Å². The van der Waals surface area contributed by atoms with Crippen LogP contribution in [0.1, 0.15) is 59.3 Å². The standard InChI is InChI=1S/C16H30O2/c1-4-7-8-9-10-11-12-13-14-15-16(17-5-2)18-6-3/h9-12,16H,4-8,13-15H2,1-3H3/b10-9+,12-11-. The van der Waals surface area contributed by atoms with Crippen molar-refractivity contribution in [2.75, 3.05) is 13.2 Å². The topological polar surface area (TPSA) is 18.5 Å². The van der Waals surface area contributed by atoms with Crippen molar-refractivity contribution in [3.8, 4) is 0 Å². The van der Waals surface area contributed by atoms with E-state index >= 15 is 0 Å². The molecule has 0 fully saturated rings. The van der Waals surface area contributed by atoms with E-state index in [9.17, 15) is 0 Å². The lowest BCUT2D eigenvalue weighted by Crippen LogP contribution is -2.16. The maximum absolute atomic E-state index is 5.49. The van der Waals surface area contributed by atoms with Gasteiger partial charge < -0.3 is 9.47 Å². The predicted octanol–water partition coefficient (Wildman–Crippen LogP) is 4.86. The lowest BCUT2D eigenvalue weighted by molar-refractivity contribution is -0.139. The first kappa shape index (κ1) is 17.4. The summed E-state index contributed by atoms with van der Waals surface area (Å²) < 4.78 is 11.0. The molecule has 2 nitrogen and oxygen atoms in total. The van der Waals surface area contributed by atoms with Crippen LogP contribution in [0.5, 0.6) is 0 Å². The predicted molar refractivity (Wildman–Crippen MR) is 78.7 cm³/mol. The van der Waals surface area contributed by atoms with Gasteiger partial charge in [0, 0.05) is 13.2 Å². The molecule has 0 N–H and O–H groups in total. The molecule has 0 radical (unpaired) electrons. The van der Waals surface area contributed by atoms with Crippen molar-refractivity contribution >= 4 is 0 Å². The molecule has 0 heterocycles. The zero-order chi connectivity index (χ0) is 13.5. The SMILES string of the molecule is CCCC/C=C/C=C\CCCC(OCC)OCC. The lowest BCUT2D eigenvalue weighted by atomic mass is 10.2. The van der Waals surface area contributed by atoms with E-state index in [1.807, 2.05) is 13.8 Å². The van der Waals surface area contributed by atoms with Crippen LogP contribution in [0.15, 0.2) is 24.3 Å². The summed E-state index contributed by atoms with van der Waals surface area (Å²) in [4.78, 5) is 0. The first-order chi connectivity index (χ1) is 8.85. The van der Waals surface area contributed by atoms with Gasteiger partial charge in [-0.05, 0) is 39.5 Å². The van der Waals surface area contributed by atoms with Gasteiger partial charge in [-0.15, -0.1) is 0 Å². The second-order valence-electron chi connectivity index (χ2n) is 4.27. The maximum atomic E-state index is 5.49. The summed E-state index contributed by atoms with van der Waals surface area (Å²) in [6.45, 7) is 7.68. The van der Waals surface area contributed by atoms with Gasteiger partial charge in [0.15, 0.2) is 6.29 Å². The van der Waals surface area contributed by atoms with E-state index in [2.05, 4.69) is 31.2 Å². The Labute approximate surface area is 113 Å². The van der Waals surface area contributed by atoms with Gasteiger partial charge in [0.1, 0.15) is 0 Å². The number of allylic oxidation sites excluding steroid dienone is 4. The Kier molecular flexibility index (Phi) is 14.0. The van der Waals surface area contributed by atoms with E-state index in [0.29, 0.717) is 0 Å². The molecule has 18 heavy (non-hydrogen) atoms. The highest BCUT2D eigenvalue weighted by Gasteiger charge is 2.05. The van der Waals surface area contributed by atoms with Crippen LogP contribution in [-0.2, 0) is 9.47 Å². The number of rotatable bonds is 12. The third-order valence-corrected chi connectivity index (χ3v) is 2.62. The molecule has 0 aliphatic rings. The Morgan fingerprint density at radius 1 is 0.833 bits per heavy atom. The molecule has 0 saturated carbocycles. The van der Waals surface area contributed by atoms with E-state index in [-0.39, 0.29) is 6.29 Å². The minimum atomic E-state index is -0.0199. The Morgan fingerprint density at radius 3 is 1.89 bits per heavy atom. The Hall–Kier alpha value is -0.600. The van der Waals surface area contributed by atoms with Crippen LogP contribution < -0.4 is 0 Å². The molecule has 0 aliphatic carbocycles. The average Bonchev–Trinajstić information content (AvgIpc) is 2.37. The fourth-order valence-electron chi connectivity index (χ4n) is 1.66. The largest absolute Gasteiger partial charge is 0.353 e. The van der Waals surface area contributed by atoms with Crippen molar-refractivity contribution in [1.82, 2.24) is 0 Å². The van der Waals surface area contributed by atoms with Crippen molar-refractivity contribution in [3.63, 3.8) is 0 Å². The highest BCUT2D eigenvalue weighted by molar-refractivity contribution is 5.02. The summed E-state index contributed by atoms with van der Waals surface area (Å²) in [5, 5.41) is 0. The molecule has 0 aliphatic heterocycles. The highest BCUT2D eigenvalue weighted by atomic mass is 16.7. The van der Waals surface area contributed by atoms with Gasteiger partial charge in [-0.3, -0.25) is 0 Å². The van der Waals surface area contributed by atoms with E-state index in [1.54, 1.807) is 0 Å². The normalized spacial score (nSPS) is 12.2. The molecule has 0 aromatic rings. The number of unbranched alkanes of at least 4 members (excludes halogenated alkanes) is 3. The van der Waals surface area contributed by atoms with Gasteiger partial charge in [0.2, 0.25) is 0 Å². The third kappa shape index (κ3) is 11.9. The van der Waals surface area contributed by atoms with E-state index in [4.69, 9.17) is 9.47 Å².